The Morgan fingerprint density at radius 1 is 0.810 bits per heavy atom. The summed E-state index contributed by atoms with van der Waals surface area (Å²) in [5.74, 6) is 0. The average Bonchev–Trinajstić information content (AvgIpc) is 3.11. The summed E-state index contributed by atoms with van der Waals surface area (Å²) >= 11 is 2.27. The number of thiophene rings is 2. The van der Waals surface area contributed by atoms with Crippen LogP contribution in [0.5, 0.6) is 0 Å². The Kier molecular flexibility index (Phi) is 5.52. The fourth-order valence-electron chi connectivity index (χ4n) is 1.48. The molecule has 2 rings (SSSR count). The molecule has 0 amide bonds. The van der Waals surface area contributed by atoms with E-state index in [1.54, 1.807) is 22.9 Å². The summed E-state index contributed by atoms with van der Waals surface area (Å²) in [6.07, 6.45) is 0.370. The molecule has 0 bridgehead atoms. The van der Waals surface area contributed by atoms with Crippen LogP contribution in [0.25, 0.3) is 0 Å². The highest BCUT2D eigenvalue weighted by atomic mass is 32.3. The summed E-state index contributed by atoms with van der Waals surface area (Å²) < 4.78 is 52.6. The zero-order valence-electron chi connectivity index (χ0n) is 10.9. The number of rotatable bonds is 8. The van der Waals surface area contributed by atoms with Crippen LogP contribution in [0.4, 0.5) is 0 Å². The standard InChI is InChI=1S/C11H14N2O4S4/c14-20(15,10-4-1-8-18-10)12-6-3-7-13-21(16,17)11-5-2-9-19-11/h1-2,4-5,8-9,12-13H,3,6-7H2. The van der Waals surface area contributed by atoms with Gasteiger partial charge in [-0.2, -0.15) is 0 Å². The van der Waals surface area contributed by atoms with E-state index in [2.05, 4.69) is 9.44 Å². The molecular formula is C11H14N2O4S4. The predicted octanol–water partition coefficient (Wildman–Crippen LogP) is 1.46. The summed E-state index contributed by atoms with van der Waals surface area (Å²) in [5.41, 5.74) is 0. The van der Waals surface area contributed by atoms with E-state index in [1.165, 1.54) is 12.1 Å². The molecule has 2 aromatic rings. The summed E-state index contributed by atoms with van der Waals surface area (Å²) in [5, 5.41) is 3.37. The van der Waals surface area contributed by atoms with Crippen molar-refractivity contribution in [2.75, 3.05) is 13.1 Å². The van der Waals surface area contributed by atoms with Gasteiger partial charge in [-0.3, -0.25) is 0 Å². The molecule has 6 nitrogen and oxygen atoms in total. The van der Waals surface area contributed by atoms with E-state index < -0.39 is 20.0 Å². The molecule has 0 aliphatic carbocycles. The number of hydrogen-bond acceptors (Lipinski definition) is 6. The first-order valence-corrected chi connectivity index (χ1v) is 10.7. The van der Waals surface area contributed by atoms with Crippen molar-refractivity contribution in [2.45, 2.75) is 14.8 Å². The quantitative estimate of drug-likeness (QED) is 0.692. The Bertz CT molecular complexity index is 683. The molecule has 2 N–H and O–H groups in total. The lowest BCUT2D eigenvalue weighted by Gasteiger charge is -2.06. The van der Waals surface area contributed by atoms with Crippen molar-refractivity contribution in [1.82, 2.24) is 9.44 Å². The molecule has 0 radical (unpaired) electrons. The maximum Gasteiger partial charge on any atom is 0.250 e. The molecule has 0 aliphatic rings. The Hall–Kier alpha value is -0.780. The number of nitrogens with one attached hydrogen (secondary N) is 2. The van der Waals surface area contributed by atoms with Gasteiger partial charge in [0.15, 0.2) is 0 Å². The average molecular weight is 367 g/mol. The molecule has 0 saturated heterocycles. The molecule has 0 aliphatic heterocycles. The number of hydrogen-bond donors (Lipinski definition) is 2. The van der Waals surface area contributed by atoms with Gasteiger partial charge in [-0.1, -0.05) is 12.1 Å². The Morgan fingerprint density at radius 2 is 1.24 bits per heavy atom. The zero-order valence-corrected chi connectivity index (χ0v) is 14.1. The van der Waals surface area contributed by atoms with Crippen LogP contribution in [0.15, 0.2) is 43.4 Å². The highest BCUT2D eigenvalue weighted by molar-refractivity contribution is 7.91. The van der Waals surface area contributed by atoms with Gasteiger partial charge in [0.25, 0.3) is 0 Å². The molecule has 10 heteroatoms. The molecule has 0 atom stereocenters. The summed E-state index contributed by atoms with van der Waals surface area (Å²) in [4.78, 5) is 0. The van der Waals surface area contributed by atoms with E-state index in [0.29, 0.717) is 6.42 Å². The fraction of sp³-hybridized carbons (Fsp3) is 0.273. The van der Waals surface area contributed by atoms with Gasteiger partial charge in [0.1, 0.15) is 8.42 Å². The van der Waals surface area contributed by atoms with Crippen molar-refractivity contribution in [2.24, 2.45) is 0 Å². The fourth-order valence-corrected chi connectivity index (χ4v) is 5.70. The first-order valence-electron chi connectivity index (χ1n) is 5.98. The minimum atomic E-state index is -3.48. The minimum absolute atomic E-state index is 0.174. The molecule has 0 fully saturated rings. The molecule has 0 unspecified atom stereocenters. The van der Waals surface area contributed by atoms with Gasteiger partial charge in [-0.05, 0) is 29.3 Å². The van der Waals surface area contributed by atoms with E-state index in [4.69, 9.17) is 0 Å². The van der Waals surface area contributed by atoms with Crippen molar-refractivity contribution in [1.29, 1.82) is 0 Å². The Labute approximate surface area is 131 Å². The third-order valence-electron chi connectivity index (χ3n) is 2.46. The van der Waals surface area contributed by atoms with Crippen molar-refractivity contribution < 1.29 is 16.8 Å². The third kappa shape index (κ3) is 4.59. The van der Waals surface area contributed by atoms with E-state index in [0.717, 1.165) is 22.7 Å². The van der Waals surface area contributed by atoms with Crippen molar-refractivity contribution in [3.63, 3.8) is 0 Å². The second kappa shape index (κ2) is 6.99. The molecule has 0 spiro atoms. The predicted molar refractivity (Wildman–Crippen MR) is 83.6 cm³/mol. The highest BCUT2D eigenvalue weighted by Crippen LogP contribution is 2.16. The molecule has 0 aromatic carbocycles. The largest absolute Gasteiger partial charge is 0.250 e. The van der Waals surface area contributed by atoms with Gasteiger partial charge in [-0.25, -0.2) is 26.3 Å². The van der Waals surface area contributed by atoms with Crippen LogP contribution >= 0.6 is 22.7 Å². The normalized spacial score (nSPS) is 12.6. The van der Waals surface area contributed by atoms with Crippen molar-refractivity contribution in [3.05, 3.63) is 35.0 Å². The van der Waals surface area contributed by atoms with Crippen LogP contribution < -0.4 is 9.44 Å². The molecule has 2 aromatic heterocycles. The first-order chi connectivity index (χ1) is 9.92. The van der Waals surface area contributed by atoms with Gasteiger partial charge in [0, 0.05) is 13.1 Å². The van der Waals surface area contributed by atoms with Crippen LogP contribution in [0.3, 0.4) is 0 Å². The Morgan fingerprint density at radius 3 is 1.57 bits per heavy atom. The molecule has 0 saturated carbocycles. The van der Waals surface area contributed by atoms with E-state index in [1.807, 2.05) is 0 Å². The van der Waals surface area contributed by atoms with Crippen LogP contribution in [0, 0.1) is 0 Å². The lowest BCUT2D eigenvalue weighted by Crippen LogP contribution is -2.29. The molecule has 2 heterocycles. The maximum absolute atomic E-state index is 11.8. The second-order valence-electron chi connectivity index (χ2n) is 4.01. The number of sulfonamides is 2. The SMILES string of the molecule is O=S(=O)(NCCCNS(=O)(=O)c1cccs1)c1cccs1. The zero-order chi connectivity index (χ0) is 15.3. The monoisotopic (exact) mass is 366 g/mol. The summed E-state index contributed by atoms with van der Waals surface area (Å²) in [6, 6.07) is 6.36. The van der Waals surface area contributed by atoms with E-state index in [-0.39, 0.29) is 21.5 Å². The third-order valence-corrected chi connectivity index (χ3v) is 8.17. The molecule has 116 valence electrons. The summed E-state index contributed by atoms with van der Waals surface area (Å²) in [6.45, 7) is 0.348. The van der Waals surface area contributed by atoms with E-state index >= 15 is 0 Å². The molecular weight excluding hydrogens is 352 g/mol. The van der Waals surface area contributed by atoms with Gasteiger partial charge in [-0.15, -0.1) is 22.7 Å². The minimum Gasteiger partial charge on any atom is -0.210 e. The Balaban J connectivity index is 1.76. The second-order valence-corrected chi connectivity index (χ2v) is 9.90. The van der Waals surface area contributed by atoms with E-state index in [9.17, 15) is 16.8 Å². The topological polar surface area (TPSA) is 92.3 Å². The van der Waals surface area contributed by atoms with Crippen LogP contribution in [-0.4, -0.2) is 29.9 Å². The smallest absolute Gasteiger partial charge is 0.210 e. The lowest BCUT2D eigenvalue weighted by molar-refractivity contribution is 0.574. The van der Waals surface area contributed by atoms with Gasteiger partial charge >= 0.3 is 0 Å². The highest BCUT2D eigenvalue weighted by Gasteiger charge is 2.15. The lowest BCUT2D eigenvalue weighted by atomic mass is 10.4. The molecule has 21 heavy (non-hydrogen) atoms. The van der Waals surface area contributed by atoms with Crippen LogP contribution in [0.1, 0.15) is 6.42 Å². The van der Waals surface area contributed by atoms with Crippen molar-refractivity contribution >= 4 is 42.7 Å². The van der Waals surface area contributed by atoms with Gasteiger partial charge in [0.2, 0.25) is 20.0 Å². The van der Waals surface area contributed by atoms with Crippen LogP contribution in [0.2, 0.25) is 0 Å². The van der Waals surface area contributed by atoms with Gasteiger partial charge in [0.05, 0.1) is 0 Å². The van der Waals surface area contributed by atoms with Crippen LogP contribution in [-0.2, 0) is 20.0 Å². The van der Waals surface area contributed by atoms with Gasteiger partial charge < -0.3 is 0 Å². The maximum atomic E-state index is 11.8. The van der Waals surface area contributed by atoms with Crippen molar-refractivity contribution in [3.8, 4) is 0 Å². The summed E-state index contributed by atoms with van der Waals surface area (Å²) in [7, 11) is -6.97. The first kappa shape index (κ1) is 16.6.